The fourth-order valence-corrected chi connectivity index (χ4v) is 0.748. The molecule has 0 rings (SSSR count). The van der Waals surface area contributed by atoms with Crippen molar-refractivity contribution in [2.45, 2.75) is 32.7 Å². The second-order valence-corrected chi connectivity index (χ2v) is 2.99. The fraction of sp³-hybridized carbons (Fsp3) is 0.700. The lowest BCUT2D eigenvalue weighted by Crippen LogP contribution is -2.38. The molecule has 3 nitrogen and oxygen atoms in total. The van der Waals surface area contributed by atoms with Crippen molar-refractivity contribution in [1.82, 2.24) is 10.6 Å². The predicted octanol–water partition coefficient (Wildman–Crippen LogP) is 0.514. The maximum Gasteiger partial charge on any atom is 0.233 e. The first-order chi connectivity index (χ1) is 6.20. The van der Waals surface area contributed by atoms with Crippen LogP contribution in [-0.4, -0.2) is 25.0 Å². The summed E-state index contributed by atoms with van der Waals surface area (Å²) in [7, 11) is 0. The smallest absolute Gasteiger partial charge is 0.233 e. The summed E-state index contributed by atoms with van der Waals surface area (Å²) in [5.74, 6) is 2.47. The van der Waals surface area contributed by atoms with Crippen LogP contribution in [-0.2, 0) is 4.79 Å². The third-order valence-electron chi connectivity index (χ3n) is 1.81. The molecule has 0 aromatic carbocycles. The zero-order valence-electron chi connectivity index (χ0n) is 8.39. The van der Waals surface area contributed by atoms with Crippen LogP contribution >= 0.6 is 0 Å². The first kappa shape index (κ1) is 12.0. The van der Waals surface area contributed by atoms with E-state index in [0.29, 0.717) is 25.6 Å². The highest BCUT2D eigenvalue weighted by atomic mass is 16.1. The van der Waals surface area contributed by atoms with Gasteiger partial charge >= 0.3 is 0 Å². The van der Waals surface area contributed by atoms with Crippen LogP contribution in [0.5, 0.6) is 0 Å². The Morgan fingerprint density at radius 1 is 1.62 bits per heavy atom. The molecule has 1 amide bonds. The molecular formula is C10H18N2O. The van der Waals surface area contributed by atoms with Crippen LogP contribution in [0.1, 0.15) is 26.7 Å². The Bertz CT molecular complexity index is 184. The molecule has 0 aliphatic carbocycles. The van der Waals surface area contributed by atoms with Crippen LogP contribution in [0.15, 0.2) is 0 Å². The van der Waals surface area contributed by atoms with E-state index < -0.39 is 0 Å². The third kappa shape index (κ3) is 7.35. The van der Waals surface area contributed by atoms with Gasteiger partial charge in [-0.3, -0.25) is 4.79 Å². The Balaban J connectivity index is 3.36. The number of carbonyl (C=O) groups excluding carboxylic acids is 1. The molecule has 2 N–H and O–H groups in total. The van der Waals surface area contributed by atoms with Crippen molar-refractivity contribution in [2.75, 3.05) is 13.1 Å². The lowest BCUT2D eigenvalue weighted by Gasteiger charge is -2.10. The van der Waals surface area contributed by atoms with Crippen molar-refractivity contribution in [3.05, 3.63) is 0 Å². The monoisotopic (exact) mass is 182 g/mol. The van der Waals surface area contributed by atoms with Gasteiger partial charge in [0.05, 0.1) is 6.54 Å². The molecule has 0 heterocycles. The summed E-state index contributed by atoms with van der Waals surface area (Å²) >= 11 is 0. The average Bonchev–Trinajstić information content (AvgIpc) is 2.14. The number of hydrogen-bond donors (Lipinski definition) is 2. The molecule has 0 radical (unpaired) electrons. The zero-order chi connectivity index (χ0) is 10.1. The minimum atomic E-state index is 0.00977. The predicted molar refractivity (Wildman–Crippen MR) is 54.2 cm³/mol. The van der Waals surface area contributed by atoms with E-state index in [4.69, 9.17) is 6.42 Å². The van der Waals surface area contributed by atoms with Crippen LogP contribution in [0, 0.1) is 12.3 Å². The molecule has 3 heteroatoms. The van der Waals surface area contributed by atoms with Crippen molar-refractivity contribution >= 4 is 5.91 Å². The highest BCUT2D eigenvalue weighted by Gasteiger charge is 2.01. The molecule has 0 saturated carbocycles. The fourth-order valence-electron chi connectivity index (χ4n) is 0.748. The topological polar surface area (TPSA) is 41.1 Å². The van der Waals surface area contributed by atoms with E-state index in [0.717, 1.165) is 6.42 Å². The lowest BCUT2D eigenvalue weighted by molar-refractivity contribution is -0.120. The Labute approximate surface area is 80.3 Å². The Morgan fingerprint density at radius 2 is 2.31 bits per heavy atom. The third-order valence-corrected chi connectivity index (χ3v) is 1.81. The molecule has 0 spiro atoms. The van der Waals surface area contributed by atoms with Gasteiger partial charge in [-0.2, -0.15) is 0 Å². The number of rotatable bonds is 6. The SMILES string of the molecule is C#CCCNC(=O)CNC(C)CC. The molecule has 0 saturated heterocycles. The van der Waals surface area contributed by atoms with Gasteiger partial charge in [0.2, 0.25) is 5.91 Å². The molecule has 0 aliphatic heterocycles. The molecule has 1 atom stereocenters. The van der Waals surface area contributed by atoms with Gasteiger partial charge < -0.3 is 10.6 Å². The molecule has 0 aromatic heterocycles. The molecule has 0 aromatic rings. The van der Waals surface area contributed by atoms with Crippen LogP contribution < -0.4 is 10.6 Å². The minimum absolute atomic E-state index is 0.00977. The van der Waals surface area contributed by atoms with Crippen LogP contribution in [0.3, 0.4) is 0 Å². The van der Waals surface area contributed by atoms with Gasteiger partial charge in [0.25, 0.3) is 0 Å². The minimum Gasteiger partial charge on any atom is -0.354 e. The maximum absolute atomic E-state index is 11.1. The second kappa shape index (κ2) is 7.63. The molecule has 0 bridgehead atoms. The van der Waals surface area contributed by atoms with E-state index >= 15 is 0 Å². The van der Waals surface area contributed by atoms with Gasteiger partial charge in [-0.15, -0.1) is 12.3 Å². The normalized spacial score (nSPS) is 11.8. The van der Waals surface area contributed by atoms with Crippen molar-refractivity contribution in [3.63, 3.8) is 0 Å². The molecular weight excluding hydrogens is 164 g/mol. The number of carbonyl (C=O) groups is 1. The van der Waals surface area contributed by atoms with E-state index in [9.17, 15) is 4.79 Å². The van der Waals surface area contributed by atoms with Crippen LogP contribution in [0.25, 0.3) is 0 Å². The number of amides is 1. The van der Waals surface area contributed by atoms with Gasteiger partial charge in [0, 0.05) is 19.0 Å². The summed E-state index contributed by atoms with van der Waals surface area (Å²) in [5, 5.41) is 5.81. The molecule has 0 fully saturated rings. The summed E-state index contributed by atoms with van der Waals surface area (Å²) in [4.78, 5) is 11.1. The molecule has 13 heavy (non-hydrogen) atoms. The summed E-state index contributed by atoms with van der Waals surface area (Å²) in [6.45, 7) is 5.07. The largest absolute Gasteiger partial charge is 0.354 e. The highest BCUT2D eigenvalue weighted by molar-refractivity contribution is 5.77. The van der Waals surface area contributed by atoms with Gasteiger partial charge in [-0.05, 0) is 13.3 Å². The van der Waals surface area contributed by atoms with E-state index in [1.54, 1.807) is 0 Å². The summed E-state index contributed by atoms with van der Waals surface area (Å²) < 4.78 is 0. The van der Waals surface area contributed by atoms with E-state index in [1.807, 2.05) is 0 Å². The van der Waals surface area contributed by atoms with Crippen molar-refractivity contribution < 1.29 is 4.79 Å². The quantitative estimate of drug-likeness (QED) is 0.464. The van der Waals surface area contributed by atoms with Gasteiger partial charge in [0.1, 0.15) is 0 Å². The highest BCUT2D eigenvalue weighted by Crippen LogP contribution is 1.85. The second-order valence-electron chi connectivity index (χ2n) is 2.99. The first-order valence-corrected chi connectivity index (χ1v) is 4.64. The Morgan fingerprint density at radius 3 is 2.85 bits per heavy atom. The van der Waals surface area contributed by atoms with Crippen molar-refractivity contribution in [3.8, 4) is 12.3 Å². The summed E-state index contributed by atoms with van der Waals surface area (Å²) in [5.41, 5.74) is 0. The Kier molecular flexibility index (Phi) is 7.04. The summed E-state index contributed by atoms with van der Waals surface area (Å²) in [6.07, 6.45) is 6.66. The number of nitrogens with one attached hydrogen (secondary N) is 2. The van der Waals surface area contributed by atoms with Gasteiger partial charge in [-0.1, -0.05) is 6.92 Å². The van der Waals surface area contributed by atoms with Crippen LogP contribution in [0.2, 0.25) is 0 Å². The molecule has 0 aliphatic rings. The van der Waals surface area contributed by atoms with Crippen molar-refractivity contribution in [2.24, 2.45) is 0 Å². The first-order valence-electron chi connectivity index (χ1n) is 4.64. The van der Waals surface area contributed by atoms with E-state index in [-0.39, 0.29) is 5.91 Å². The Hall–Kier alpha value is -1.01. The van der Waals surface area contributed by atoms with Gasteiger partial charge in [0.15, 0.2) is 0 Å². The van der Waals surface area contributed by atoms with E-state index in [1.165, 1.54) is 0 Å². The standard InChI is InChI=1S/C10H18N2O/c1-4-6-7-11-10(13)8-12-9(3)5-2/h1,9,12H,5-8H2,2-3H3,(H,11,13). The average molecular weight is 182 g/mol. The van der Waals surface area contributed by atoms with Gasteiger partial charge in [-0.25, -0.2) is 0 Å². The summed E-state index contributed by atoms with van der Waals surface area (Å²) in [6, 6.07) is 0.387. The zero-order valence-corrected chi connectivity index (χ0v) is 8.39. The number of hydrogen-bond acceptors (Lipinski definition) is 2. The number of terminal acetylenes is 1. The molecule has 74 valence electrons. The maximum atomic E-state index is 11.1. The molecule has 1 unspecified atom stereocenters. The van der Waals surface area contributed by atoms with Crippen molar-refractivity contribution in [1.29, 1.82) is 0 Å². The van der Waals surface area contributed by atoms with E-state index in [2.05, 4.69) is 30.4 Å². The lowest BCUT2D eigenvalue weighted by atomic mass is 10.2. The van der Waals surface area contributed by atoms with Crippen LogP contribution in [0.4, 0.5) is 0 Å².